The van der Waals surface area contributed by atoms with E-state index in [-0.39, 0.29) is 17.4 Å². The monoisotopic (exact) mass is 216 g/mol. The number of allylic oxidation sites excluding steroid dienone is 2. The molecule has 1 aliphatic rings. The van der Waals surface area contributed by atoms with E-state index in [0.29, 0.717) is 6.42 Å². The van der Waals surface area contributed by atoms with E-state index in [1.54, 1.807) is 6.92 Å². The molecule has 0 amide bonds. The molecule has 0 aromatic heterocycles. The summed E-state index contributed by atoms with van der Waals surface area (Å²) >= 11 is 0. The third-order valence-electron chi connectivity index (χ3n) is 2.17. The Kier molecular flexibility index (Phi) is 3.54. The number of carboxylic acid groups (broad SMARTS) is 2. The number of hydrogen-bond donors (Lipinski definition) is 2. The van der Waals surface area contributed by atoms with Gasteiger partial charge in [0.05, 0.1) is 0 Å². The van der Waals surface area contributed by atoms with Gasteiger partial charge in [-0.1, -0.05) is 6.92 Å². The molecule has 6 heteroatoms. The Bertz CT molecular complexity index is 306. The van der Waals surface area contributed by atoms with Gasteiger partial charge in [-0.2, -0.15) is 0 Å². The minimum absolute atomic E-state index is 0.101. The van der Waals surface area contributed by atoms with E-state index in [2.05, 4.69) is 9.47 Å². The zero-order chi connectivity index (χ0) is 11.4. The highest BCUT2D eigenvalue weighted by molar-refractivity contribution is 5.60. The number of rotatable bonds is 2. The van der Waals surface area contributed by atoms with Gasteiger partial charge in [0, 0.05) is 12.3 Å². The third kappa shape index (κ3) is 3.16. The molecule has 0 radical (unpaired) electrons. The molecule has 6 nitrogen and oxygen atoms in total. The lowest BCUT2D eigenvalue weighted by atomic mass is 9.94. The largest absolute Gasteiger partial charge is 0.511 e. The van der Waals surface area contributed by atoms with E-state index in [1.807, 2.05) is 0 Å². The lowest BCUT2D eigenvalue weighted by Crippen LogP contribution is -2.17. The average Bonchev–Trinajstić information content (AvgIpc) is 2.09. The minimum Gasteiger partial charge on any atom is -0.449 e. The zero-order valence-corrected chi connectivity index (χ0v) is 8.23. The molecule has 0 fully saturated rings. The number of carbonyl (C=O) groups is 2. The van der Waals surface area contributed by atoms with Crippen LogP contribution in [-0.4, -0.2) is 22.5 Å². The van der Waals surface area contributed by atoms with Crippen LogP contribution >= 0.6 is 0 Å². The van der Waals surface area contributed by atoms with Crippen molar-refractivity contribution in [1.29, 1.82) is 0 Å². The fraction of sp³-hybridized carbons (Fsp3) is 0.556. The first-order valence-corrected chi connectivity index (χ1v) is 4.55. The van der Waals surface area contributed by atoms with Crippen LogP contribution in [0.1, 0.15) is 26.2 Å². The molecule has 0 bridgehead atoms. The number of ether oxygens (including phenoxy) is 2. The van der Waals surface area contributed by atoms with Crippen molar-refractivity contribution in [3.05, 3.63) is 11.5 Å². The Morgan fingerprint density at radius 3 is 2.40 bits per heavy atom. The maximum absolute atomic E-state index is 10.4. The molecular weight excluding hydrogens is 204 g/mol. The molecule has 0 saturated heterocycles. The summed E-state index contributed by atoms with van der Waals surface area (Å²) in [6.45, 7) is 1.77. The topological polar surface area (TPSA) is 93.1 Å². The fourth-order valence-electron chi connectivity index (χ4n) is 1.56. The van der Waals surface area contributed by atoms with Gasteiger partial charge in [-0.25, -0.2) is 9.59 Å². The average molecular weight is 216 g/mol. The molecule has 1 atom stereocenters. The summed E-state index contributed by atoms with van der Waals surface area (Å²) in [5.41, 5.74) is 0. The van der Waals surface area contributed by atoms with Gasteiger partial charge in [-0.05, 0) is 12.8 Å². The molecule has 1 rings (SSSR count). The van der Waals surface area contributed by atoms with Crippen LogP contribution < -0.4 is 0 Å². The molecule has 0 aliphatic heterocycles. The SMILES string of the molecule is CC1CCCC(OC(=O)O)=C1OC(=O)O. The van der Waals surface area contributed by atoms with Crippen LogP contribution in [0, 0.1) is 5.92 Å². The minimum atomic E-state index is -1.45. The highest BCUT2D eigenvalue weighted by Gasteiger charge is 2.26. The van der Waals surface area contributed by atoms with Crippen LogP contribution in [0.3, 0.4) is 0 Å². The molecule has 0 spiro atoms. The molecule has 1 aliphatic carbocycles. The third-order valence-corrected chi connectivity index (χ3v) is 2.17. The van der Waals surface area contributed by atoms with Gasteiger partial charge in [0.1, 0.15) is 5.76 Å². The summed E-state index contributed by atoms with van der Waals surface area (Å²) in [4.78, 5) is 20.7. The maximum Gasteiger partial charge on any atom is 0.511 e. The van der Waals surface area contributed by atoms with Gasteiger partial charge in [-0.15, -0.1) is 0 Å². The first kappa shape index (κ1) is 11.4. The van der Waals surface area contributed by atoms with Crippen LogP contribution in [0.25, 0.3) is 0 Å². The van der Waals surface area contributed by atoms with Gasteiger partial charge in [-0.3, -0.25) is 0 Å². The predicted molar refractivity (Wildman–Crippen MR) is 48.3 cm³/mol. The molecule has 1 unspecified atom stereocenters. The van der Waals surface area contributed by atoms with Gasteiger partial charge in [0.2, 0.25) is 0 Å². The van der Waals surface area contributed by atoms with E-state index < -0.39 is 12.3 Å². The van der Waals surface area contributed by atoms with Gasteiger partial charge in [0.25, 0.3) is 0 Å². The van der Waals surface area contributed by atoms with Crippen LogP contribution in [0.2, 0.25) is 0 Å². The standard InChI is InChI=1S/C9H12O6/c1-5-3-2-4-6(14-8(10)11)7(5)15-9(12)13/h5H,2-4H2,1H3,(H,10,11)(H,12,13). The normalized spacial score (nSPS) is 21.0. The van der Waals surface area contributed by atoms with Crippen molar-refractivity contribution in [3.8, 4) is 0 Å². The lowest BCUT2D eigenvalue weighted by molar-refractivity contribution is 0.0813. The first-order chi connectivity index (χ1) is 7.00. The second kappa shape index (κ2) is 4.68. The second-order valence-corrected chi connectivity index (χ2v) is 3.32. The Morgan fingerprint density at radius 2 is 1.87 bits per heavy atom. The van der Waals surface area contributed by atoms with Crippen molar-refractivity contribution in [2.24, 2.45) is 5.92 Å². The van der Waals surface area contributed by atoms with Crippen molar-refractivity contribution < 1.29 is 29.3 Å². The van der Waals surface area contributed by atoms with E-state index >= 15 is 0 Å². The van der Waals surface area contributed by atoms with Crippen LogP contribution in [-0.2, 0) is 9.47 Å². The first-order valence-electron chi connectivity index (χ1n) is 4.55. The van der Waals surface area contributed by atoms with Crippen molar-refractivity contribution in [3.63, 3.8) is 0 Å². The van der Waals surface area contributed by atoms with Crippen molar-refractivity contribution in [2.75, 3.05) is 0 Å². The summed E-state index contributed by atoms with van der Waals surface area (Å²) in [5.74, 6) is 0.0731. The molecule has 0 saturated carbocycles. The Labute approximate surface area is 86.1 Å². The summed E-state index contributed by atoms with van der Waals surface area (Å²) in [7, 11) is 0. The Morgan fingerprint density at radius 1 is 1.27 bits per heavy atom. The molecule has 0 aromatic rings. The fourth-order valence-corrected chi connectivity index (χ4v) is 1.56. The highest BCUT2D eigenvalue weighted by Crippen LogP contribution is 2.31. The summed E-state index contributed by atoms with van der Waals surface area (Å²) in [5, 5.41) is 16.9. The van der Waals surface area contributed by atoms with E-state index in [4.69, 9.17) is 10.2 Å². The van der Waals surface area contributed by atoms with Crippen LogP contribution in [0.5, 0.6) is 0 Å². The molecule has 15 heavy (non-hydrogen) atoms. The van der Waals surface area contributed by atoms with Crippen LogP contribution in [0.15, 0.2) is 11.5 Å². The number of hydrogen-bond acceptors (Lipinski definition) is 4. The van der Waals surface area contributed by atoms with Crippen molar-refractivity contribution >= 4 is 12.3 Å². The molecule has 0 heterocycles. The van der Waals surface area contributed by atoms with Gasteiger partial charge in [0.15, 0.2) is 5.76 Å². The molecular formula is C9H12O6. The summed E-state index contributed by atoms with van der Waals surface area (Å²) in [6.07, 6.45) is -0.999. The predicted octanol–water partition coefficient (Wildman–Crippen LogP) is 2.41. The quantitative estimate of drug-likeness (QED) is 0.688. The summed E-state index contributed by atoms with van der Waals surface area (Å²) < 4.78 is 9.01. The maximum atomic E-state index is 10.4. The Hall–Kier alpha value is -1.72. The lowest BCUT2D eigenvalue weighted by Gasteiger charge is -2.22. The van der Waals surface area contributed by atoms with Crippen molar-refractivity contribution in [1.82, 2.24) is 0 Å². The second-order valence-electron chi connectivity index (χ2n) is 3.32. The summed E-state index contributed by atoms with van der Waals surface area (Å²) in [6, 6.07) is 0. The van der Waals surface area contributed by atoms with Crippen LogP contribution in [0.4, 0.5) is 9.59 Å². The van der Waals surface area contributed by atoms with Gasteiger partial charge < -0.3 is 19.7 Å². The molecule has 2 N–H and O–H groups in total. The van der Waals surface area contributed by atoms with Crippen molar-refractivity contribution in [2.45, 2.75) is 26.2 Å². The molecule has 0 aromatic carbocycles. The van der Waals surface area contributed by atoms with Gasteiger partial charge >= 0.3 is 12.3 Å². The zero-order valence-electron chi connectivity index (χ0n) is 8.23. The molecule has 84 valence electrons. The Balaban J connectivity index is 2.87. The van der Waals surface area contributed by atoms with E-state index in [9.17, 15) is 9.59 Å². The highest BCUT2D eigenvalue weighted by atomic mass is 16.7. The van der Waals surface area contributed by atoms with E-state index in [0.717, 1.165) is 12.8 Å². The smallest absolute Gasteiger partial charge is 0.449 e. The van der Waals surface area contributed by atoms with E-state index in [1.165, 1.54) is 0 Å².